The van der Waals surface area contributed by atoms with Crippen LogP contribution in [0.2, 0.25) is 0 Å². The van der Waals surface area contributed by atoms with Gasteiger partial charge < -0.3 is 14.2 Å². The van der Waals surface area contributed by atoms with E-state index in [-0.39, 0.29) is 31.1 Å². The second kappa shape index (κ2) is 60.2. The Morgan fingerprint density at radius 2 is 0.535 bits per heavy atom. The molecule has 0 aliphatic rings. The molecule has 6 nitrogen and oxygen atoms in total. The first-order valence-corrected chi connectivity index (χ1v) is 31.5. The van der Waals surface area contributed by atoms with Crippen molar-refractivity contribution in [2.45, 2.75) is 348 Å². The van der Waals surface area contributed by atoms with Crippen molar-refractivity contribution in [1.82, 2.24) is 0 Å². The van der Waals surface area contributed by atoms with Gasteiger partial charge in [0.1, 0.15) is 13.2 Å². The van der Waals surface area contributed by atoms with Gasteiger partial charge in [0.05, 0.1) is 0 Å². The third kappa shape index (κ3) is 58.4. The number of hydrogen-bond donors (Lipinski definition) is 0. The van der Waals surface area contributed by atoms with Crippen molar-refractivity contribution in [3.8, 4) is 0 Å². The highest BCUT2D eigenvalue weighted by Gasteiger charge is 2.19. The number of esters is 3. The standard InChI is InChI=1S/C65H120O6/c1-4-7-10-13-16-19-22-24-26-28-29-30-31-32-33-34-35-36-37-38-40-41-43-46-49-52-55-58-64(67)70-61-62(60-69-63(66)57-54-51-48-45-21-18-15-12-9-6-3)71-65(68)59-56-53-50-47-44-42-39-27-25-23-20-17-14-11-8-5-2/h12,15,22,24,28-29,62H,4-11,13-14,16-21,23,25-27,30-61H2,1-3H3/b15-12-,24-22-,29-28-. The molecule has 0 spiro atoms. The van der Waals surface area contributed by atoms with Gasteiger partial charge in [0, 0.05) is 19.3 Å². The van der Waals surface area contributed by atoms with Gasteiger partial charge in [-0.1, -0.05) is 288 Å². The van der Waals surface area contributed by atoms with Gasteiger partial charge in [0.15, 0.2) is 6.10 Å². The fourth-order valence-corrected chi connectivity index (χ4v) is 9.36. The van der Waals surface area contributed by atoms with Crippen molar-refractivity contribution in [2.75, 3.05) is 13.2 Å². The number of carbonyl (C=O) groups is 3. The summed E-state index contributed by atoms with van der Waals surface area (Å²) in [5.74, 6) is -0.861. The Hall–Kier alpha value is -2.37. The Balaban J connectivity index is 4.15. The minimum absolute atomic E-state index is 0.0703. The zero-order chi connectivity index (χ0) is 51.4. The van der Waals surface area contributed by atoms with Crippen LogP contribution in [0.25, 0.3) is 0 Å². The van der Waals surface area contributed by atoms with Crippen molar-refractivity contribution in [2.24, 2.45) is 0 Å². The maximum Gasteiger partial charge on any atom is 0.306 e. The van der Waals surface area contributed by atoms with Crippen molar-refractivity contribution in [1.29, 1.82) is 0 Å². The molecule has 0 heterocycles. The second-order valence-corrected chi connectivity index (χ2v) is 21.3. The van der Waals surface area contributed by atoms with E-state index >= 15 is 0 Å². The number of ether oxygens (including phenoxy) is 3. The van der Waals surface area contributed by atoms with Crippen LogP contribution >= 0.6 is 0 Å². The number of hydrogen-bond acceptors (Lipinski definition) is 6. The lowest BCUT2D eigenvalue weighted by molar-refractivity contribution is -0.167. The summed E-state index contributed by atoms with van der Waals surface area (Å²) < 4.78 is 16.9. The number of allylic oxidation sites excluding steroid dienone is 6. The molecular formula is C65H120O6. The fourth-order valence-electron chi connectivity index (χ4n) is 9.36. The predicted molar refractivity (Wildman–Crippen MR) is 307 cm³/mol. The lowest BCUT2D eigenvalue weighted by Gasteiger charge is -2.18. The summed E-state index contributed by atoms with van der Waals surface area (Å²) in [4.78, 5) is 38.1. The van der Waals surface area contributed by atoms with E-state index in [1.807, 2.05) is 0 Å². The summed E-state index contributed by atoms with van der Waals surface area (Å²) in [5.41, 5.74) is 0. The molecule has 0 fully saturated rings. The van der Waals surface area contributed by atoms with Crippen molar-refractivity contribution in [3.63, 3.8) is 0 Å². The van der Waals surface area contributed by atoms with Crippen LogP contribution in [0, 0.1) is 0 Å². The Kier molecular flexibility index (Phi) is 58.2. The molecule has 0 bridgehead atoms. The minimum atomic E-state index is -0.771. The van der Waals surface area contributed by atoms with E-state index in [1.54, 1.807) is 0 Å². The summed E-state index contributed by atoms with van der Waals surface area (Å²) in [5, 5.41) is 0. The van der Waals surface area contributed by atoms with E-state index in [0.29, 0.717) is 19.3 Å². The van der Waals surface area contributed by atoms with Crippen LogP contribution in [-0.2, 0) is 28.6 Å². The molecule has 0 N–H and O–H groups in total. The highest BCUT2D eigenvalue weighted by atomic mass is 16.6. The van der Waals surface area contributed by atoms with Crippen LogP contribution in [0.15, 0.2) is 36.5 Å². The minimum Gasteiger partial charge on any atom is -0.462 e. The molecule has 1 unspecified atom stereocenters. The van der Waals surface area contributed by atoms with E-state index < -0.39 is 6.10 Å². The van der Waals surface area contributed by atoms with Gasteiger partial charge in [-0.25, -0.2) is 0 Å². The van der Waals surface area contributed by atoms with Crippen LogP contribution in [-0.4, -0.2) is 37.2 Å². The molecule has 0 saturated carbocycles. The molecular weight excluding hydrogens is 877 g/mol. The van der Waals surface area contributed by atoms with Crippen LogP contribution in [0.4, 0.5) is 0 Å². The molecule has 71 heavy (non-hydrogen) atoms. The Morgan fingerprint density at radius 1 is 0.282 bits per heavy atom. The molecule has 0 aliphatic carbocycles. The van der Waals surface area contributed by atoms with Gasteiger partial charge in [0.2, 0.25) is 0 Å². The molecule has 0 aromatic rings. The number of carbonyl (C=O) groups excluding carboxylic acids is 3. The average molecular weight is 998 g/mol. The second-order valence-electron chi connectivity index (χ2n) is 21.3. The highest BCUT2D eigenvalue weighted by molar-refractivity contribution is 5.71. The van der Waals surface area contributed by atoms with Gasteiger partial charge in [-0.2, -0.15) is 0 Å². The SMILES string of the molecule is CCC/C=C\CCCCCCCC(=O)OCC(COC(=O)CCCCCCCCCCCCCCCCC/C=C\C/C=C\CCCCCCC)OC(=O)CCCCCCCCCCCCCCCCCC. The maximum atomic E-state index is 12.9. The van der Waals surface area contributed by atoms with E-state index in [1.165, 1.54) is 225 Å². The first-order chi connectivity index (χ1) is 35.0. The Morgan fingerprint density at radius 3 is 0.845 bits per heavy atom. The lowest BCUT2D eigenvalue weighted by Crippen LogP contribution is -2.30. The zero-order valence-corrected chi connectivity index (χ0v) is 47.8. The molecule has 6 heteroatoms. The molecule has 0 aromatic carbocycles. The third-order valence-electron chi connectivity index (χ3n) is 14.1. The zero-order valence-electron chi connectivity index (χ0n) is 47.8. The van der Waals surface area contributed by atoms with Gasteiger partial charge in [-0.05, 0) is 70.6 Å². The van der Waals surface area contributed by atoms with Crippen molar-refractivity contribution < 1.29 is 28.6 Å². The summed E-state index contributed by atoms with van der Waals surface area (Å²) >= 11 is 0. The van der Waals surface area contributed by atoms with Crippen LogP contribution < -0.4 is 0 Å². The van der Waals surface area contributed by atoms with E-state index in [0.717, 1.165) is 77.0 Å². The van der Waals surface area contributed by atoms with Gasteiger partial charge in [-0.15, -0.1) is 0 Å². The molecule has 0 aliphatic heterocycles. The first kappa shape index (κ1) is 68.6. The molecule has 1 atom stereocenters. The van der Waals surface area contributed by atoms with Crippen molar-refractivity contribution in [3.05, 3.63) is 36.5 Å². The molecule has 0 amide bonds. The summed E-state index contributed by atoms with van der Waals surface area (Å²) in [6.45, 7) is 6.61. The molecule has 0 aromatic heterocycles. The molecule has 416 valence electrons. The molecule has 0 rings (SSSR count). The summed E-state index contributed by atoms with van der Waals surface area (Å²) in [6, 6.07) is 0. The number of rotatable bonds is 58. The third-order valence-corrected chi connectivity index (χ3v) is 14.1. The summed E-state index contributed by atoms with van der Waals surface area (Å²) in [7, 11) is 0. The van der Waals surface area contributed by atoms with Crippen molar-refractivity contribution >= 4 is 17.9 Å². The maximum absolute atomic E-state index is 12.9. The fraction of sp³-hybridized carbons (Fsp3) is 0.862. The normalized spacial score (nSPS) is 12.2. The van der Waals surface area contributed by atoms with Crippen LogP contribution in [0.1, 0.15) is 342 Å². The van der Waals surface area contributed by atoms with E-state index in [2.05, 4.69) is 57.2 Å². The van der Waals surface area contributed by atoms with E-state index in [4.69, 9.17) is 14.2 Å². The Bertz CT molecular complexity index is 1190. The largest absolute Gasteiger partial charge is 0.462 e. The first-order valence-electron chi connectivity index (χ1n) is 31.5. The quantitative estimate of drug-likeness (QED) is 0.0261. The monoisotopic (exact) mass is 997 g/mol. The topological polar surface area (TPSA) is 78.9 Å². The summed E-state index contributed by atoms with van der Waals surface area (Å²) in [6.07, 6.45) is 73.1. The Labute approximate surface area is 442 Å². The van der Waals surface area contributed by atoms with Gasteiger partial charge in [0.25, 0.3) is 0 Å². The predicted octanol–water partition coefficient (Wildman–Crippen LogP) is 21.2. The average Bonchev–Trinajstić information content (AvgIpc) is 3.37. The van der Waals surface area contributed by atoms with Crippen LogP contribution in [0.5, 0.6) is 0 Å². The molecule has 0 saturated heterocycles. The lowest BCUT2D eigenvalue weighted by atomic mass is 10.0. The van der Waals surface area contributed by atoms with E-state index in [9.17, 15) is 14.4 Å². The number of unbranched alkanes of at least 4 members (excludes halogenated alkanes) is 41. The van der Waals surface area contributed by atoms with Gasteiger partial charge >= 0.3 is 17.9 Å². The smallest absolute Gasteiger partial charge is 0.306 e. The van der Waals surface area contributed by atoms with Gasteiger partial charge in [-0.3, -0.25) is 14.4 Å². The molecule has 0 radical (unpaired) electrons. The highest BCUT2D eigenvalue weighted by Crippen LogP contribution is 2.17. The van der Waals surface area contributed by atoms with Crippen LogP contribution in [0.3, 0.4) is 0 Å².